The van der Waals surface area contributed by atoms with Crippen LogP contribution in [0.4, 0.5) is 0 Å². The van der Waals surface area contributed by atoms with E-state index >= 15 is 0 Å². The molecule has 0 aliphatic rings. The fourth-order valence-corrected chi connectivity index (χ4v) is 2.50. The Labute approximate surface area is 124 Å². The Morgan fingerprint density at radius 2 is 1.90 bits per heavy atom. The number of hydrogen-bond donors (Lipinski definition) is 0. The van der Waals surface area contributed by atoms with Gasteiger partial charge in [0.1, 0.15) is 23.3 Å². The van der Waals surface area contributed by atoms with Crippen LogP contribution in [0.15, 0.2) is 59.2 Å². The van der Waals surface area contributed by atoms with Gasteiger partial charge in [-0.1, -0.05) is 30.3 Å². The minimum atomic E-state index is 0.370. The van der Waals surface area contributed by atoms with Gasteiger partial charge in [0.05, 0.1) is 10.7 Å². The topological polar surface area (TPSA) is 45.9 Å². The van der Waals surface area contributed by atoms with Crippen molar-refractivity contribution in [1.82, 2.24) is 4.98 Å². The second-order valence-corrected chi connectivity index (χ2v) is 4.98. The van der Waals surface area contributed by atoms with E-state index in [1.807, 2.05) is 42.5 Å². The predicted molar refractivity (Wildman–Crippen MR) is 80.7 cm³/mol. The monoisotopic (exact) mass is 324 g/mol. The van der Waals surface area contributed by atoms with Crippen molar-refractivity contribution in [2.75, 3.05) is 0 Å². The number of benzene rings is 2. The van der Waals surface area contributed by atoms with Gasteiger partial charge in [-0.25, -0.2) is 4.98 Å². The number of rotatable bonds is 2. The fourth-order valence-electron chi connectivity index (χ4n) is 1.93. The van der Waals surface area contributed by atoms with Crippen LogP contribution >= 0.6 is 15.9 Å². The number of hydrogen-bond acceptors (Lipinski definition) is 3. The van der Waals surface area contributed by atoms with Gasteiger partial charge in [-0.05, 0) is 44.9 Å². The highest BCUT2D eigenvalue weighted by Gasteiger charge is 2.07. The lowest BCUT2D eigenvalue weighted by molar-refractivity contribution is 0.478. The number of fused-ring (bicyclic) bond motifs is 1. The minimum absolute atomic E-state index is 0.370. The van der Waals surface area contributed by atoms with Crippen molar-refractivity contribution in [2.45, 2.75) is 0 Å². The number of pyridine rings is 1. The molecule has 1 heterocycles. The van der Waals surface area contributed by atoms with E-state index in [2.05, 4.69) is 20.9 Å². The molecule has 0 unspecified atom stereocenters. The van der Waals surface area contributed by atoms with Gasteiger partial charge in [0.25, 0.3) is 0 Å². The molecule has 0 aliphatic heterocycles. The van der Waals surface area contributed by atoms with Crippen LogP contribution in [0.1, 0.15) is 5.69 Å². The first-order valence-corrected chi connectivity index (χ1v) is 6.78. The Bertz CT molecular complexity index is 807. The Morgan fingerprint density at radius 1 is 1.05 bits per heavy atom. The molecule has 0 radical (unpaired) electrons. The SMILES string of the molecule is N#Cc1ccc(Oc2ccc3ccccc3c2Br)cn1. The summed E-state index contributed by atoms with van der Waals surface area (Å²) in [5.41, 5.74) is 0.370. The normalized spacial score (nSPS) is 10.2. The Hall–Kier alpha value is -2.38. The second kappa shape index (κ2) is 5.32. The summed E-state index contributed by atoms with van der Waals surface area (Å²) in [6, 6.07) is 17.3. The van der Waals surface area contributed by atoms with Crippen LogP contribution in [-0.4, -0.2) is 4.98 Å². The van der Waals surface area contributed by atoms with Crippen molar-refractivity contribution in [3.05, 3.63) is 64.9 Å². The van der Waals surface area contributed by atoms with Crippen molar-refractivity contribution < 1.29 is 4.74 Å². The molecule has 2 aromatic carbocycles. The summed E-state index contributed by atoms with van der Waals surface area (Å²) in [6.45, 7) is 0. The smallest absolute Gasteiger partial charge is 0.145 e. The first kappa shape index (κ1) is 12.6. The number of aromatic nitrogens is 1. The van der Waals surface area contributed by atoms with Gasteiger partial charge in [-0.2, -0.15) is 5.26 Å². The molecule has 3 nitrogen and oxygen atoms in total. The van der Waals surface area contributed by atoms with E-state index in [0.717, 1.165) is 21.0 Å². The molecule has 4 heteroatoms. The van der Waals surface area contributed by atoms with Gasteiger partial charge in [0.15, 0.2) is 0 Å². The molecule has 0 saturated heterocycles. The van der Waals surface area contributed by atoms with Crippen molar-refractivity contribution in [3.63, 3.8) is 0 Å². The molecule has 0 aliphatic carbocycles. The van der Waals surface area contributed by atoms with Crippen LogP contribution in [0, 0.1) is 11.3 Å². The molecule has 0 bridgehead atoms. The lowest BCUT2D eigenvalue weighted by atomic mass is 10.1. The molecule has 0 amide bonds. The van der Waals surface area contributed by atoms with Crippen LogP contribution in [0.5, 0.6) is 11.5 Å². The van der Waals surface area contributed by atoms with Crippen molar-refractivity contribution in [3.8, 4) is 17.6 Å². The van der Waals surface area contributed by atoms with Crippen LogP contribution in [0.3, 0.4) is 0 Å². The standard InChI is InChI=1S/C16H9BrN2O/c17-16-14-4-2-1-3-11(14)5-8-15(16)20-13-7-6-12(9-18)19-10-13/h1-8,10H. The average Bonchev–Trinajstić information content (AvgIpc) is 2.51. The van der Waals surface area contributed by atoms with Crippen LogP contribution in [-0.2, 0) is 0 Å². The summed E-state index contributed by atoms with van der Waals surface area (Å²) >= 11 is 3.57. The molecule has 0 fully saturated rings. The molecule has 0 saturated carbocycles. The maximum absolute atomic E-state index is 8.72. The van der Waals surface area contributed by atoms with Crippen molar-refractivity contribution in [2.24, 2.45) is 0 Å². The summed E-state index contributed by atoms with van der Waals surface area (Å²) in [4.78, 5) is 3.98. The highest BCUT2D eigenvalue weighted by Crippen LogP contribution is 2.35. The van der Waals surface area contributed by atoms with Crippen LogP contribution in [0.2, 0.25) is 0 Å². The minimum Gasteiger partial charge on any atom is -0.455 e. The number of ether oxygens (including phenoxy) is 1. The predicted octanol–water partition coefficient (Wildman–Crippen LogP) is 4.66. The molecule has 0 N–H and O–H groups in total. The van der Waals surface area contributed by atoms with Crippen molar-refractivity contribution in [1.29, 1.82) is 5.26 Å². The average molecular weight is 325 g/mol. The van der Waals surface area contributed by atoms with E-state index in [4.69, 9.17) is 10.00 Å². The lowest BCUT2D eigenvalue weighted by Gasteiger charge is -2.09. The zero-order chi connectivity index (χ0) is 13.9. The zero-order valence-electron chi connectivity index (χ0n) is 10.4. The Morgan fingerprint density at radius 3 is 2.65 bits per heavy atom. The fraction of sp³-hybridized carbons (Fsp3) is 0. The third-order valence-corrected chi connectivity index (χ3v) is 3.72. The van der Waals surface area contributed by atoms with Crippen molar-refractivity contribution >= 4 is 26.7 Å². The van der Waals surface area contributed by atoms with Gasteiger partial charge in [-0.3, -0.25) is 0 Å². The highest BCUT2D eigenvalue weighted by atomic mass is 79.9. The van der Waals surface area contributed by atoms with E-state index in [-0.39, 0.29) is 0 Å². The zero-order valence-corrected chi connectivity index (χ0v) is 12.0. The number of halogens is 1. The maximum atomic E-state index is 8.72. The van der Waals surface area contributed by atoms with Gasteiger partial charge >= 0.3 is 0 Å². The van der Waals surface area contributed by atoms with Gasteiger partial charge in [0.2, 0.25) is 0 Å². The van der Waals surface area contributed by atoms with Crippen LogP contribution < -0.4 is 4.74 Å². The van der Waals surface area contributed by atoms with Gasteiger partial charge < -0.3 is 4.74 Å². The Kier molecular flexibility index (Phi) is 3.36. The highest BCUT2D eigenvalue weighted by molar-refractivity contribution is 9.10. The Balaban J connectivity index is 1.98. The van der Waals surface area contributed by atoms with E-state index in [1.54, 1.807) is 18.3 Å². The molecule has 96 valence electrons. The van der Waals surface area contributed by atoms with Crippen LogP contribution in [0.25, 0.3) is 10.8 Å². The van der Waals surface area contributed by atoms with Gasteiger partial charge in [0, 0.05) is 0 Å². The first-order chi connectivity index (χ1) is 9.78. The summed E-state index contributed by atoms with van der Waals surface area (Å²) < 4.78 is 6.70. The number of nitrogens with zero attached hydrogens (tertiary/aromatic N) is 2. The molecule has 0 spiro atoms. The molecule has 3 aromatic rings. The largest absolute Gasteiger partial charge is 0.455 e. The molecule has 3 rings (SSSR count). The van der Waals surface area contributed by atoms with E-state index in [1.165, 1.54) is 0 Å². The lowest BCUT2D eigenvalue weighted by Crippen LogP contribution is -1.89. The molecule has 1 aromatic heterocycles. The second-order valence-electron chi connectivity index (χ2n) is 4.19. The third kappa shape index (κ3) is 2.36. The number of nitriles is 1. The summed E-state index contributed by atoms with van der Waals surface area (Å²) in [5, 5.41) is 11.0. The molecular weight excluding hydrogens is 316 g/mol. The van der Waals surface area contributed by atoms with E-state index in [0.29, 0.717) is 11.4 Å². The molecule has 20 heavy (non-hydrogen) atoms. The van der Waals surface area contributed by atoms with E-state index < -0.39 is 0 Å². The molecule has 0 atom stereocenters. The van der Waals surface area contributed by atoms with E-state index in [9.17, 15) is 0 Å². The quantitative estimate of drug-likeness (QED) is 0.688. The molecular formula is C16H9BrN2O. The summed E-state index contributed by atoms with van der Waals surface area (Å²) in [7, 11) is 0. The third-order valence-electron chi connectivity index (χ3n) is 2.91. The van der Waals surface area contributed by atoms with Gasteiger partial charge in [-0.15, -0.1) is 0 Å². The summed E-state index contributed by atoms with van der Waals surface area (Å²) in [5.74, 6) is 1.31. The summed E-state index contributed by atoms with van der Waals surface area (Å²) in [6.07, 6.45) is 1.54. The first-order valence-electron chi connectivity index (χ1n) is 5.99. The maximum Gasteiger partial charge on any atom is 0.145 e.